The van der Waals surface area contributed by atoms with E-state index < -0.39 is 0 Å². The number of carbonyl (C=O) groups excluding carboxylic acids is 1. The van der Waals surface area contributed by atoms with Crippen LogP contribution in [0, 0.1) is 13.8 Å². The monoisotopic (exact) mass is 470 g/mol. The molecule has 5 aromatic rings. The first-order valence-corrected chi connectivity index (χ1v) is 12.1. The van der Waals surface area contributed by atoms with Crippen LogP contribution in [0.1, 0.15) is 22.6 Å². The molecular weight excluding hydrogens is 444 g/mol. The summed E-state index contributed by atoms with van der Waals surface area (Å²) >= 11 is 1.62. The molecule has 0 unspecified atom stereocenters. The number of urea groups is 1. The fourth-order valence-electron chi connectivity index (χ4n) is 3.80. The first-order chi connectivity index (χ1) is 16.5. The van der Waals surface area contributed by atoms with Crippen molar-refractivity contribution in [2.45, 2.75) is 26.8 Å². The van der Waals surface area contributed by atoms with Crippen LogP contribution in [0.5, 0.6) is 0 Å². The predicted molar refractivity (Wildman–Crippen MR) is 136 cm³/mol. The number of thiazole rings is 1. The lowest BCUT2D eigenvalue weighted by Gasteiger charge is -2.22. The lowest BCUT2D eigenvalue weighted by molar-refractivity contribution is 0.204. The van der Waals surface area contributed by atoms with Gasteiger partial charge in [0.1, 0.15) is 5.76 Å². The molecule has 0 atom stereocenters. The maximum atomic E-state index is 13.1. The average molecular weight is 471 g/mol. The Kier molecular flexibility index (Phi) is 6.18. The first-order valence-electron chi connectivity index (χ1n) is 11.2. The highest BCUT2D eigenvalue weighted by Crippen LogP contribution is 2.24. The Morgan fingerprint density at radius 2 is 1.79 bits per heavy atom. The number of fused-ring (bicyclic) bond motifs is 1. The molecule has 3 heterocycles. The smallest absolute Gasteiger partial charge is 0.322 e. The Hall–Kier alpha value is -3.84. The molecule has 0 aliphatic heterocycles. The van der Waals surface area contributed by atoms with E-state index in [4.69, 9.17) is 9.40 Å². The second-order valence-electron chi connectivity index (χ2n) is 8.42. The summed E-state index contributed by atoms with van der Waals surface area (Å²) < 4.78 is 7.64. The number of imidazole rings is 1. The highest BCUT2D eigenvalue weighted by Gasteiger charge is 2.17. The van der Waals surface area contributed by atoms with Gasteiger partial charge >= 0.3 is 6.03 Å². The third-order valence-electron chi connectivity index (χ3n) is 5.79. The quantitative estimate of drug-likeness (QED) is 0.293. The van der Waals surface area contributed by atoms with E-state index in [1.54, 1.807) is 22.5 Å². The Bertz CT molecular complexity index is 1380. The summed E-state index contributed by atoms with van der Waals surface area (Å²) in [6.45, 7) is 5.05. The number of hydrogen-bond acceptors (Lipinski definition) is 4. The third-order valence-corrected chi connectivity index (χ3v) is 6.67. The molecule has 2 aromatic carbocycles. The molecular formula is C27H26N4O2S. The number of aromatic nitrogens is 2. The van der Waals surface area contributed by atoms with Crippen molar-refractivity contribution < 1.29 is 9.21 Å². The van der Waals surface area contributed by atoms with Crippen molar-refractivity contribution in [3.05, 3.63) is 101 Å². The lowest BCUT2D eigenvalue weighted by Crippen LogP contribution is -2.36. The Morgan fingerprint density at radius 1 is 1.06 bits per heavy atom. The third kappa shape index (κ3) is 4.89. The molecule has 5 rings (SSSR count). The summed E-state index contributed by atoms with van der Waals surface area (Å²) in [6.07, 6.45) is 4.41. The van der Waals surface area contributed by atoms with Crippen molar-refractivity contribution in [1.82, 2.24) is 14.3 Å². The van der Waals surface area contributed by atoms with Gasteiger partial charge in [0.2, 0.25) is 0 Å². The summed E-state index contributed by atoms with van der Waals surface area (Å²) in [4.78, 5) is 20.6. The SMILES string of the molecule is Cc1ccc(NC(=O)N(CCc2csc3nc(-c4ccc(C)cc4)cn23)Cc2ccco2)cc1. The molecule has 3 aromatic heterocycles. The number of amides is 2. The molecule has 0 saturated carbocycles. The summed E-state index contributed by atoms with van der Waals surface area (Å²) in [7, 11) is 0. The van der Waals surface area contributed by atoms with E-state index in [0.717, 1.165) is 38.9 Å². The van der Waals surface area contributed by atoms with Crippen LogP contribution in [0.25, 0.3) is 16.2 Å². The van der Waals surface area contributed by atoms with Crippen LogP contribution in [0.3, 0.4) is 0 Å². The van der Waals surface area contributed by atoms with Gasteiger partial charge in [-0.15, -0.1) is 11.3 Å². The standard InChI is InChI=1S/C27H26N4O2S/c1-19-5-9-21(10-6-19)25-17-31-23(18-34-27(31)29-25)13-14-30(16-24-4-3-15-33-24)26(32)28-22-11-7-20(2)8-12-22/h3-12,15,17-18H,13-14,16H2,1-2H3,(H,28,32). The molecule has 34 heavy (non-hydrogen) atoms. The van der Waals surface area contributed by atoms with Crippen molar-refractivity contribution in [3.63, 3.8) is 0 Å². The van der Waals surface area contributed by atoms with Crippen LogP contribution in [0.2, 0.25) is 0 Å². The number of anilines is 1. The van der Waals surface area contributed by atoms with Crippen molar-refractivity contribution in [3.8, 4) is 11.3 Å². The van der Waals surface area contributed by atoms with E-state index in [-0.39, 0.29) is 6.03 Å². The minimum absolute atomic E-state index is 0.155. The van der Waals surface area contributed by atoms with Gasteiger partial charge in [0.25, 0.3) is 0 Å². The summed E-state index contributed by atoms with van der Waals surface area (Å²) in [6, 6.07) is 19.8. The highest BCUT2D eigenvalue weighted by molar-refractivity contribution is 7.15. The molecule has 0 saturated heterocycles. The van der Waals surface area contributed by atoms with Crippen LogP contribution in [-0.2, 0) is 13.0 Å². The molecule has 0 radical (unpaired) electrons. The van der Waals surface area contributed by atoms with Gasteiger partial charge in [-0.3, -0.25) is 4.40 Å². The van der Waals surface area contributed by atoms with E-state index in [2.05, 4.69) is 52.5 Å². The number of aryl methyl sites for hydroxylation is 2. The van der Waals surface area contributed by atoms with E-state index >= 15 is 0 Å². The zero-order chi connectivity index (χ0) is 23.5. The van der Waals surface area contributed by atoms with E-state index in [1.165, 1.54) is 5.56 Å². The maximum Gasteiger partial charge on any atom is 0.322 e. The maximum absolute atomic E-state index is 13.1. The van der Waals surface area contributed by atoms with Crippen molar-refractivity contribution >= 4 is 28.0 Å². The van der Waals surface area contributed by atoms with Crippen molar-refractivity contribution in [2.24, 2.45) is 0 Å². The lowest BCUT2D eigenvalue weighted by atomic mass is 10.1. The average Bonchev–Trinajstić information content (AvgIpc) is 3.57. The molecule has 0 aliphatic rings. The zero-order valence-electron chi connectivity index (χ0n) is 19.2. The fraction of sp³-hybridized carbons (Fsp3) is 0.185. The Balaban J connectivity index is 1.33. The number of hydrogen-bond donors (Lipinski definition) is 1. The highest BCUT2D eigenvalue weighted by atomic mass is 32.1. The van der Waals surface area contributed by atoms with E-state index in [1.807, 2.05) is 43.3 Å². The topological polar surface area (TPSA) is 62.8 Å². The molecule has 0 fully saturated rings. The van der Waals surface area contributed by atoms with Gasteiger partial charge in [-0.25, -0.2) is 9.78 Å². The van der Waals surface area contributed by atoms with Crippen molar-refractivity contribution in [2.75, 3.05) is 11.9 Å². The summed E-state index contributed by atoms with van der Waals surface area (Å²) in [5.74, 6) is 0.749. The molecule has 1 N–H and O–H groups in total. The van der Waals surface area contributed by atoms with Gasteiger partial charge < -0.3 is 14.6 Å². The van der Waals surface area contributed by atoms with E-state index in [9.17, 15) is 4.79 Å². The molecule has 172 valence electrons. The van der Waals surface area contributed by atoms with Crippen LogP contribution >= 0.6 is 11.3 Å². The van der Waals surface area contributed by atoms with Gasteiger partial charge in [0.15, 0.2) is 4.96 Å². The largest absolute Gasteiger partial charge is 0.467 e. The first kappa shape index (κ1) is 22.0. The van der Waals surface area contributed by atoms with Gasteiger partial charge in [0, 0.05) is 41.5 Å². The molecule has 0 aliphatic carbocycles. The summed E-state index contributed by atoms with van der Waals surface area (Å²) in [5.41, 5.74) is 6.33. The summed E-state index contributed by atoms with van der Waals surface area (Å²) in [5, 5.41) is 5.12. The molecule has 0 bridgehead atoms. The number of benzene rings is 2. The van der Waals surface area contributed by atoms with Gasteiger partial charge in [-0.2, -0.15) is 0 Å². The normalized spacial score (nSPS) is 11.1. The number of rotatable bonds is 7. The van der Waals surface area contributed by atoms with Crippen molar-refractivity contribution in [1.29, 1.82) is 0 Å². The van der Waals surface area contributed by atoms with E-state index in [0.29, 0.717) is 19.5 Å². The van der Waals surface area contributed by atoms with Gasteiger partial charge in [0.05, 0.1) is 18.5 Å². The zero-order valence-corrected chi connectivity index (χ0v) is 20.0. The molecule has 7 heteroatoms. The number of furan rings is 1. The van der Waals surface area contributed by atoms with Gasteiger partial charge in [-0.1, -0.05) is 47.5 Å². The second kappa shape index (κ2) is 9.57. The van der Waals surface area contributed by atoms with Crippen LogP contribution in [0.15, 0.2) is 82.9 Å². The Morgan fingerprint density at radius 3 is 2.50 bits per heavy atom. The van der Waals surface area contributed by atoms with Crippen LogP contribution < -0.4 is 5.32 Å². The van der Waals surface area contributed by atoms with Crippen LogP contribution in [-0.4, -0.2) is 26.9 Å². The minimum Gasteiger partial charge on any atom is -0.467 e. The Labute approximate surface area is 202 Å². The molecule has 6 nitrogen and oxygen atoms in total. The number of carbonyl (C=O) groups is 1. The second-order valence-corrected chi connectivity index (χ2v) is 9.26. The molecule has 0 spiro atoms. The fourth-order valence-corrected chi connectivity index (χ4v) is 4.71. The minimum atomic E-state index is -0.155. The predicted octanol–water partition coefficient (Wildman–Crippen LogP) is 6.55. The van der Waals surface area contributed by atoms with Gasteiger partial charge in [-0.05, 0) is 38.1 Å². The number of nitrogens with one attached hydrogen (secondary N) is 1. The number of nitrogens with zero attached hydrogens (tertiary/aromatic N) is 3. The molecule has 2 amide bonds. The van der Waals surface area contributed by atoms with Crippen LogP contribution in [0.4, 0.5) is 10.5 Å².